The summed E-state index contributed by atoms with van der Waals surface area (Å²) >= 11 is 0. The number of rotatable bonds is 8. The number of carbonyl (C=O) groups is 2. The summed E-state index contributed by atoms with van der Waals surface area (Å²) in [7, 11) is 1.60. The molecule has 1 fully saturated rings. The molecule has 7 nitrogen and oxygen atoms in total. The topological polar surface area (TPSA) is 87.9 Å². The third-order valence-corrected chi connectivity index (χ3v) is 3.53. The minimum atomic E-state index is 0.00350. The van der Waals surface area contributed by atoms with E-state index in [1.165, 1.54) is 0 Å². The summed E-state index contributed by atoms with van der Waals surface area (Å²) in [6, 6.07) is 0.0611. The van der Waals surface area contributed by atoms with Crippen LogP contribution in [0.4, 0.5) is 0 Å². The van der Waals surface area contributed by atoms with Crippen molar-refractivity contribution in [2.75, 3.05) is 53.0 Å². The van der Waals surface area contributed by atoms with Crippen LogP contribution in [0.2, 0.25) is 0 Å². The number of nitrogens with zero attached hydrogens (tertiary/aromatic N) is 2. The van der Waals surface area contributed by atoms with Gasteiger partial charge in [0, 0.05) is 52.3 Å². The smallest absolute Gasteiger partial charge is 0.234 e. The van der Waals surface area contributed by atoms with E-state index in [-0.39, 0.29) is 17.9 Å². The second-order valence-electron chi connectivity index (χ2n) is 5.52. The van der Waals surface area contributed by atoms with Gasteiger partial charge in [-0.3, -0.25) is 14.5 Å². The molecule has 0 saturated carbocycles. The van der Waals surface area contributed by atoms with Crippen molar-refractivity contribution >= 4 is 11.8 Å². The van der Waals surface area contributed by atoms with Gasteiger partial charge in [0.2, 0.25) is 11.8 Å². The van der Waals surface area contributed by atoms with Crippen LogP contribution in [0.25, 0.3) is 0 Å². The number of hydrogen-bond donors (Lipinski definition) is 2. The van der Waals surface area contributed by atoms with E-state index in [0.717, 1.165) is 19.5 Å². The number of ether oxygens (including phenoxy) is 1. The molecule has 0 bridgehead atoms. The summed E-state index contributed by atoms with van der Waals surface area (Å²) in [5, 5.41) is 2.80. The number of carbonyl (C=O) groups excluding carboxylic acids is 2. The number of piperazine rings is 1. The Morgan fingerprint density at radius 1 is 1.29 bits per heavy atom. The monoisotopic (exact) mass is 300 g/mol. The van der Waals surface area contributed by atoms with Crippen LogP contribution < -0.4 is 11.1 Å². The molecule has 7 heteroatoms. The maximum absolute atomic E-state index is 12.0. The molecular formula is C14H28N4O3. The normalized spacial score (nSPS) is 17.6. The molecular weight excluding hydrogens is 272 g/mol. The van der Waals surface area contributed by atoms with Crippen molar-refractivity contribution in [2.45, 2.75) is 25.8 Å². The lowest BCUT2D eigenvalue weighted by molar-refractivity contribution is -0.133. The van der Waals surface area contributed by atoms with Gasteiger partial charge in [0.25, 0.3) is 0 Å². The zero-order valence-corrected chi connectivity index (χ0v) is 13.1. The molecule has 3 N–H and O–H groups in total. The Morgan fingerprint density at radius 3 is 2.52 bits per heavy atom. The van der Waals surface area contributed by atoms with Crippen molar-refractivity contribution in [1.82, 2.24) is 15.1 Å². The maximum Gasteiger partial charge on any atom is 0.234 e. The molecule has 2 amide bonds. The van der Waals surface area contributed by atoms with Crippen LogP contribution in [-0.2, 0) is 14.3 Å². The standard InChI is InChI=1S/C14H28N4O3/c1-12(15)3-4-14(20)18-8-6-17(7-9-18)11-13(19)16-5-10-21-2/h12H,3-11,15H2,1-2H3,(H,16,19). The summed E-state index contributed by atoms with van der Waals surface area (Å²) in [6.07, 6.45) is 1.23. The van der Waals surface area contributed by atoms with Crippen LogP contribution in [0, 0.1) is 0 Å². The Kier molecular flexibility index (Phi) is 8.26. The molecule has 1 aliphatic heterocycles. The summed E-state index contributed by atoms with van der Waals surface area (Å²) in [6.45, 7) is 6.19. The lowest BCUT2D eigenvalue weighted by Crippen LogP contribution is -2.51. The molecule has 0 aliphatic carbocycles. The Hall–Kier alpha value is -1.18. The minimum Gasteiger partial charge on any atom is -0.383 e. The van der Waals surface area contributed by atoms with E-state index in [4.69, 9.17) is 10.5 Å². The quantitative estimate of drug-likeness (QED) is 0.563. The van der Waals surface area contributed by atoms with Gasteiger partial charge in [0.05, 0.1) is 13.2 Å². The third kappa shape index (κ3) is 7.40. The number of methoxy groups -OCH3 is 1. The molecule has 1 aliphatic rings. The zero-order valence-electron chi connectivity index (χ0n) is 13.1. The van der Waals surface area contributed by atoms with Crippen LogP contribution in [0.1, 0.15) is 19.8 Å². The molecule has 1 saturated heterocycles. The fourth-order valence-electron chi connectivity index (χ4n) is 2.22. The fourth-order valence-corrected chi connectivity index (χ4v) is 2.22. The number of nitrogens with one attached hydrogen (secondary N) is 1. The van der Waals surface area contributed by atoms with E-state index in [9.17, 15) is 9.59 Å². The number of amides is 2. The van der Waals surface area contributed by atoms with Gasteiger partial charge in [0.15, 0.2) is 0 Å². The molecule has 0 spiro atoms. The van der Waals surface area contributed by atoms with Crippen molar-refractivity contribution < 1.29 is 14.3 Å². The van der Waals surface area contributed by atoms with Gasteiger partial charge in [-0.15, -0.1) is 0 Å². The van der Waals surface area contributed by atoms with Gasteiger partial charge < -0.3 is 20.7 Å². The van der Waals surface area contributed by atoms with Crippen molar-refractivity contribution in [3.05, 3.63) is 0 Å². The predicted octanol–water partition coefficient (Wildman–Crippen LogP) is -0.979. The molecule has 1 heterocycles. The Bertz CT molecular complexity index is 328. The van der Waals surface area contributed by atoms with Crippen molar-refractivity contribution in [3.8, 4) is 0 Å². The average Bonchev–Trinajstić information content (AvgIpc) is 2.45. The van der Waals surface area contributed by atoms with Crippen molar-refractivity contribution in [1.29, 1.82) is 0 Å². The van der Waals surface area contributed by atoms with Crippen LogP contribution >= 0.6 is 0 Å². The second-order valence-corrected chi connectivity index (χ2v) is 5.52. The molecule has 1 unspecified atom stereocenters. The highest BCUT2D eigenvalue weighted by Gasteiger charge is 2.22. The first-order valence-corrected chi connectivity index (χ1v) is 7.54. The Balaban J connectivity index is 2.19. The highest BCUT2D eigenvalue weighted by molar-refractivity contribution is 5.78. The molecule has 122 valence electrons. The summed E-state index contributed by atoms with van der Waals surface area (Å²) in [5.41, 5.74) is 5.66. The summed E-state index contributed by atoms with van der Waals surface area (Å²) in [5.74, 6) is 0.167. The SMILES string of the molecule is COCCNC(=O)CN1CCN(C(=O)CCC(C)N)CC1. The van der Waals surface area contributed by atoms with Crippen LogP contribution in [0.5, 0.6) is 0 Å². The first-order chi connectivity index (χ1) is 10.0. The van der Waals surface area contributed by atoms with Crippen molar-refractivity contribution in [3.63, 3.8) is 0 Å². The summed E-state index contributed by atoms with van der Waals surface area (Å²) < 4.78 is 4.88. The lowest BCUT2D eigenvalue weighted by Gasteiger charge is -2.34. The highest BCUT2D eigenvalue weighted by Crippen LogP contribution is 2.05. The lowest BCUT2D eigenvalue weighted by atomic mass is 10.1. The highest BCUT2D eigenvalue weighted by atomic mass is 16.5. The Morgan fingerprint density at radius 2 is 1.95 bits per heavy atom. The predicted molar refractivity (Wildman–Crippen MR) is 80.8 cm³/mol. The van der Waals surface area contributed by atoms with Gasteiger partial charge in [-0.25, -0.2) is 0 Å². The second kappa shape index (κ2) is 9.70. The molecule has 0 aromatic carbocycles. The Labute approximate surface area is 126 Å². The van der Waals surface area contributed by atoms with Gasteiger partial charge in [0.1, 0.15) is 0 Å². The molecule has 0 radical (unpaired) electrons. The first-order valence-electron chi connectivity index (χ1n) is 7.54. The third-order valence-electron chi connectivity index (χ3n) is 3.53. The van der Waals surface area contributed by atoms with Gasteiger partial charge in [-0.1, -0.05) is 0 Å². The van der Waals surface area contributed by atoms with Gasteiger partial charge >= 0.3 is 0 Å². The van der Waals surface area contributed by atoms with Gasteiger partial charge in [-0.05, 0) is 13.3 Å². The minimum absolute atomic E-state index is 0.00350. The molecule has 1 atom stereocenters. The van der Waals surface area contributed by atoms with Crippen molar-refractivity contribution in [2.24, 2.45) is 5.73 Å². The zero-order chi connectivity index (χ0) is 15.7. The van der Waals surface area contributed by atoms with Crippen LogP contribution in [0.3, 0.4) is 0 Å². The number of hydrogen-bond acceptors (Lipinski definition) is 5. The van der Waals surface area contributed by atoms with E-state index in [1.807, 2.05) is 11.8 Å². The first kappa shape index (κ1) is 17.9. The van der Waals surface area contributed by atoms with E-state index in [1.54, 1.807) is 7.11 Å². The van der Waals surface area contributed by atoms with E-state index >= 15 is 0 Å². The van der Waals surface area contributed by atoms with E-state index < -0.39 is 0 Å². The average molecular weight is 300 g/mol. The summed E-state index contributed by atoms with van der Waals surface area (Å²) in [4.78, 5) is 27.6. The molecule has 1 rings (SSSR count). The molecule has 0 aromatic rings. The molecule has 0 aromatic heterocycles. The van der Waals surface area contributed by atoms with E-state index in [2.05, 4.69) is 10.2 Å². The van der Waals surface area contributed by atoms with Gasteiger partial charge in [-0.2, -0.15) is 0 Å². The largest absolute Gasteiger partial charge is 0.383 e. The molecule has 21 heavy (non-hydrogen) atoms. The fraction of sp³-hybridized carbons (Fsp3) is 0.857. The number of nitrogens with two attached hydrogens (primary N) is 1. The van der Waals surface area contributed by atoms with Crippen LogP contribution in [0.15, 0.2) is 0 Å². The maximum atomic E-state index is 12.0. The van der Waals surface area contributed by atoms with Crippen LogP contribution in [-0.4, -0.2) is 80.6 Å². The van der Waals surface area contributed by atoms with E-state index in [0.29, 0.717) is 39.2 Å².